The van der Waals surface area contributed by atoms with Crippen molar-refractivity contribution in [2.45, 2.75) is 13.8 Å². The third-order valence-electron chi connectivity index (χ3n) is 2.24. The lowest BCUT2D eigenvalue weighted by Gasteiger charge is -2.01. The number of aromatic nitrogens is 1. The van der Waals surface area contributed by atoms with Crippen molar-refractivity contribution in [1.82, 2.24) is 0 Å². The zero-order valence-corrected chi connectivity index (χ0v) is 9.11. The van der Waals surface area contributed by atoms with E-state index in [4.69, 9.17) is 5.73 Å². The average Bonchev–Trinajstić information content (AvgIpc) is 2.56. The highest BCUT2D eigenvalue weighted by molar-refractivity contribution is 7.13. The van der Waals surface area contributed by atoms with Crippen LogP contribution in [0.2, 0.25) is 0 Å². The standard InChI is InChI=1S/C11H12N2S/c1-7-3-4-8(2)9(5-7)10-6-14-11(12)13-10/h3-6H,1-2H3,(H2,12,13)/p+1. The Morgan fingerprint density at radius 3 is 2.71 bits per heavy atom. The number of nitrogens with two attached hydrogens (primary N) is 1. The van der Waals surface area contributed by atoms with Crippen LogP contribution in [0.3, 0.4) is 0 Å². The highest BCUT2D eigenvalue weighted by Gasteiger charge is 2.08. The molecule has 3 heteroatoms. The van der Waals surface area contributed by atoms with E-state index in [-0.39, 0.29) is 0 Å². The average molecular weight is 205 g/mol. The van der Waals surface area contributed by atoms with Crippen LogP contribution < -0.4 is 10.7 Å². The first-order chi connectivity index (χ1) is 6.66. The molecular formula is C11H13N2S+. The van der Waals surface area contributed by atoms with Crippen LogP contribution in [0.15, 0.2) is 23.6 Å². The van der Waals surface area contributed by atoms with Crippen molar-refractivity contribution in [2.75, 3.05) is 5.73 Å². The lowest BCUT2D eigenvalue weighted by molar-refractivity contribution is -0.340. The molecule has 0 aliphatic rings. The molecule has 72 valence electrons. The molecule has 0 radical (unpaired) electrons. The van der Waals surface area contributed by atoms with Gasteiger partial charge in [-0.3, -0.25) is 5.73 Å². The van der Waals surface area contributed by atoms with Crippen molar-refractivity contribution in [2.24, 2.45) is 0 Å². The molecule has 2 rings (SSSR count). The molecule has 0 fully saturated rings. The molecule has 0 amide bonds. The van der Waals surface area contributed by atoms with Gasteiger partial charge in [-0.05, 0) is 25.5 Å². The first-order valence-corrected chi connectivity index (χ1v) is 5.38. The highest BCUT2D eigenvalue weighted by Crippen LogP contribution is 2.23. The molecular weight excluding hydrogens is 192 g/mol. The molecule has 0 spiro atoms. The van der Waals surface area contributed by atoms with Gasteiger partial charge < -0.3 is 0 Å². The molecule has 2 nitrogen and oxygen atoms in total. The van der Waals surface area contributed by atoms with Gasteiger partial charge in [-0.1, -0.05) is 29.0 Å². The number of benzene rings is 1. The van der Waals surface area contributed by atoms with E-state index in [1.807, 2.05) is 0 Å². The lowest BCUT2D eigenvalue weighted by Crippen LogP contribution is -2.07. The van der Waals surface area contributed by atoms with E-state index in [0.29, 0.717) is 0 Å². The van der Waals surface area contributed by atoms with E-state index in [1.165, 1.54) is 28.0 Å². The number of thiazole rings is 1. The van der Waals surface area contributed by atoms with Gasteiger partial charge in [-0.2, -0.15) is 0 Å². The van der Waals surface area contributed by atoms with Crippen LogP contribution in [-0.2, 0) is 0 Å². The van der Waals surface area contributed by atoms with Gasteiger partial charge in [0, 0.05) is 10.9 Å². The molecule has 1 heterocycles. The van der Waals surface area contributed by atoms with Crippen molar-refractivity contribution >= 4 is 16.5 Å². The maximum atomic E-state index is 5.67. The summed E-state index contributed by atoms with van der Waals surface area (Å²) in [6.07, 6.45) is 0. The largest absolute Gasteiger partial charge is 0.329 e. The fourth-order valence-electron chi connectivity index (χ4n) is 1.47. The molecule has 0 unspecified atom stereocenters. The molecule has 0 aliphatic carbocycles. The summed E-state index contributed by atoms with van der Waals surface area (Å²) in [5.74, 6) is 0. The fourth-order valence-corrected chi connectivity index (χ4v) is 2.07. The van der Waals surface area contributed by atoms with E-state index in [1.54, 1.807) is 0 Å². The van der Waals surface area contributed by atoms with E-state index in [9.17, 15) is 0 Å². The minimum Gasteiger partial charge on any atom is -0.278 e. The summed E-state index contributed by atoms with van der Waals surface area (Å²) >= 11 is 1.54. The number of hydrogen-bond acceptors (Lipinski definition) is 2. The molecule has 0 bridgehead atoms. The number of rotatable bonds is 1. The van der Waals surface area contributed by atoms with Crippen molar-refractivity contribution in [3.05, 3.63) is 34.7 Å². The zero-order chi connectivity index (χ0) is 10.1. The van der Waals surface area contributed by atoms with E-state index in [2.05, 4.69) is 42.4 Å². The zero-order valence-electron chi connectivity index (χ0n) is 8.29. The third-order valence-corrected chi connectivity index (χ3v) is 2.95. The van der Waals surface area contributed by atoms with Crippen LogP contribution >= 0.6 is 11.3 Å². The molecule has 0 saturated heterocycles. The van der Waals surface area contributed by atoms with Crippen molar-refractivity contribution < 1.29 is 4.98 Å². The Hall–Kier alpha value is -1.35. The predicted octanol–water partition coefficient (Wildman–Crippen LogP) is 2.43. The van der Waals surface area contributed by atoms with E-state index in [0.717, 1.165) is 10.8 Å². The summed E-state index contributed by atoms with van der Waals surface area (Å²) in [7, 11) is 0. The summed E-state index contributed by atoms with van der Waals surface area (Å²) in [6, 6.07) is 6.42. The molecule has 1 aromatic heterocycles. The third kappa shape index (κ3) is 1.63. The van der Waals surface area contributed by atoms with Crippen molar-refractivity contribution in [1.29, 1.82) is 0 Å². The Morgan fingerprint density at radius 2 is 2.07 bits per heavy atom. The number of hydrogen-bond donors (Lipinski definition) is 1. The number of nitrogen functional groups attached to an aromatic ring is 1. The van der Waals surface area contributed by atoms with Crippen LogP contribution in [0.1, 0.15) is 11.1 Å². The first kappa shape index (κ1) is 9.21. The van der Waals surface area contributed by atoms with Gasteiger partial charge in [0.05, 0.1) is 0 Å². The predicted molar refractivity (Wildman–Crippen MR) is 60.2 cm³/mol. The van der Waals surface area contributed by atoms with Gasteiger partial charge in [0.1, 0.15) is 5.69 Å². The summed E-state index contributed by atoms with van der Waals surface area (Å²) < 4.78 is 0. The maximum absolute atomic E-state index is 5.67. The van der Waals surface area contributed by atoms with E-state index >= 15 is 0 Å². The number of aryl methyl sites for hydroxylation is 2. The number of H-pyrrole nitrogens is 1. The molecule has 0 atom stereocenters. The molecule has 3 N–H and O–H groups in total. The fraction of sp³-hybridized carbons (Fsp3) is 0.182. The monoisotopic (exact) mass is 205 g/mol. The summed E-state index contributed by atoms with van der Waals surface area (Å²) in [6.45, 7) is 4.20. The van der Waals surface area contributed by atoms with Gasteiger partial charge >= 0.3 is 5.13 Å². The number of anilines is 1. The van der Waals surface area contributed by atoms with Crippen LogP contribution in [0.25, 0.3) is 11.3 Å². The second-order valence-electron chi connectivity index (χ2n) is 3.46. The number of aromatic amines is 1. The van der Waals surface area contributed by atoms with Gasteiger partial charge in [-0.15, -0.1) is 0 Å². The summed E-state index contributed by atoms with van der Waals surface area (Å²) in [5.41, 5.74) is 10.5. The molecule has 1 aromatic carbocycles. The van der Waals surface area contributed by atoms with Gasteiger partial charge in [0.15, 0.2) is 0 Å². The SMILES string of the molecule is Cc1ccc(C)c(-c2csc(N)[nH+]2)c1. The smallest absolute Gasteiger partial charge is 0.278 e. The molecule has 14 heavy (non-hydrogen) atoms. The summed E-state index contributed by atoms with van der Waals surface area (Å²) in [5, 5.41) is 2.80. The van der Waals surface area contributed by atoms with Crippen LogP contribution in [0.4, 0.5) is 5.13 Å². The second kappa shape index (κ2) is 3.42. The summed E-state index contributed by atoms with van der Waals surface area (Å²) in [4.78, 5) is 3.16. The van der Waals surface area contributed by atoms with Crippen molar-refractivity contribution in [3.8, 4) is 11.3 Å². The minimum absolute atomic E-state index is 0.751. The normalized spacial score (nSPS) is 10.4. The van der Waals surface area contributed by atoms with Gasteiger partial charge in [0.2, 0.25) is 0 Å². The minimum atomic E-state index is 0.751. The topological polar surface area (TPSA) is 40.2 Å². The molecule has 2 aromatic rings. The Morgan fingerprint density at radius 1 is 1.29 bits per heavy atom. The molecule has 0 aliphatic heterocycles. The quantitative estimate of drug-likeness (QED) is 0.763. The Labute approximate surface area is 87.4 Å². The number of nitrogens with one attached hydrogen (secondary N) is 1. The second-order valence-corrected chi connectivity index (χ2v) is 4.37. The van der Waals surface area contributed by atoms with Crippen LogP contribution in [0, 0.1) is 13.8 Å². The Bertz CT molecular complexity index is 460. The van der Waals surface area contributed by atoms with Crippen LogP contribution in [0.5, 0.6) is 0 Å². The van der Waals surface area contributed by atoms with Crippen molar-refractivity contribution in [3.63, 3.8) is 0 Å². The maximum Gasteiger partial charge on any atom is 0.329 e. The van der Waals surface area contributed by atoms with Gasteiger partial charge in [-0.25, -0.2) is 4.98 Å². The first-order valence-electron chi connectivity index (χ1n) is 4.51. The van der Waals surface area contributed by atoms with Gasteiger partial charge in [0.25, 0.3) is 0 Å². The lowest BCUT2D eigenvalue weighted by atomic mass is 10.0. The van der Waals surface area contributed by atoms with E-state index < -0.39 is 0 Å². The molecule has 0 saturated carbocycles. The van der Waals surface area contributed by atoms with Crippen LogP contribution in [-0.4, -0.2) is 0 Å². The Balaban J connectivity index is 2.55. The highest BCUT2D eigenvalue weighted by atomic mass is 32.1. The Kier molecular flexibility index (Phi) is 2.25.